The average molecular weight is 182 g/mol. The maximum absolute atomic E-state index is 0. The summed E-state index contributed by atoms with van der Waals surface area (Å²) in [7, 11) is 0. The summed E-state index contributed by atoms with van der Waals surface area (Å²) in [6.07, 6.45) is 0. The third kappa shape index (κ3) is 9.62. The molecular formula is CH3CrFeNi-. The summed E-state index contributed by atoms with van der Waals surface area (Å²) in [5.74, 6) is 0. The van der Waals surface area contributed by atoms with E-state index in [0.717, 1.165) is 0 Å². The van der Waals surface area contributed by atoms with Gasteiger partial charge in [-0.05, 0) is 0 Å². The summed E-state index contributed by atoms with van der Waals surface area (Å²) in [6, 6.07) is 0. The first-order chi connectivity index (χ1) is 0. The van der Waals surface area contributed by atoms with Crippen LogP contribution in [0.5, 0.6) is 0 Å². The maximum atomic E-state index is 0. The van der Waals surface area contributed by atoms with Crippen molar-refractivity contribution in [3.63, 3.8) is 0 Å². The first-order valence-electron chi connectivity index (χ1n) is 0. The second-order valence-electron chi connectivity index (χ2n) is 0. The van der Waals surface area contributed by atoms with Gasteiger partial charge in [0.05, 0.1) is 0 Å². The Balaban J connectivity index is 0. The van der Waals surface area contributed by atoms with E-state index in [1.165, 1.54) is 0 Å². The molecule has 32 valence electrons. The van der Waals surface area contributed by atoms with Crippen LogP contribution in [-0.2, 0) is 50.9 Å². The molecule has 0 aromatic rings. The van der Waals surface area contributed by atoms with Crippen LogP contribution in [0.2, 0.25) is 0 Å². The summed E-state index contributed by atoms with van der Waals surface area (Å²) < 4.78 is 0. The van der Waals surface area contributed by atoms with E-state index in [9.17, 15) is 0 Å². The van der Waals surface area contributed by atoms with Crippen LogP contribution >= 0.6 is 0 Å². The van der Waals surface area contributed by atoms with Crippen LogP contribution in [0.3, 0.4) is 0 Å². The summed E-state index contributed by atoms with van der Waals surface area (Å²) in [5, 5.41) is 0. The predicted molar refractivity (Wildman–Crippen MR) is 6.41 cm³/mol. The van der Waals surface area contributed by atoms with Crippen molar-refractivity contribution in [3.8, 4) is 0 Å². The Morgan fingerprint density at radius 3 is 1.00 bits per heavy atom. The second kappa shape index (κ2) is 23.9. The molecule has 0 bridgehead atoms. The van der Waals surface area contributed by atoms with Crippen LogP contribution in [0.25, 0.3) is 0 Å². The zero-order valence-corrected chi connectivity index (χ0v) is 5.44. The monoisotopic (exact) mass is 181 g/mol. The van der Waals surface area contributed by atoms with E-state index >= 15 is 0 Å². The number of hydrogen-bond acceptors (Lipinski definition) is 0. The molecule has 0 saturated carbocycles. The summed E-state index contributed by atoms with van der Waals surface area (Å²) >= 11 is 0. The van der Waals surface area contributed by atoms with E-state index in [4.69, 9.17) is 0 Å². The third-order valence-electron chi connectivity index (χ3n) is 0. The molecule has 0 amide bonds. The molecule has 4 heavy (non-hydrogen) atoms. The molecule has 0 aliphatic heterocycles. The van der Waals surface area contributed by atoms with Gasteiger partial charge in [0, 0.05) is 50.9 Å². The van der Waals surface area contributed by atoms with Gasteiger partial charge in [0.2, 0.25) is 0 Å². The quantitative estimate of drug-likeness (QED) is 0.376. The zero-order valence-electron chi connectivity index (χ0n) is 2.08. The molecule has 0 unspecified atom stereocenters. The minimum absolute atomic E-state index is 0. The van der Waals surface area contributed by atoms with Gasteiger partial charge in [-0.3, -0.25) is 0 Å². The van der Waals surface area contributed by atoms with Crippen LogP contribution in [-0.4, -0.2) is 0 Å². The van der Waals surface area contributed by atoms with Gasteiger partial charge >= 0.3 is 0 Å². The SMILES string of the molecule is [CH3-].[Cr].[Fe].[Ni]. The molecule has 0 nitrogen and oxygen atoms in total. The van der Waals surface area contributed by atoms with Gasteiger partial charge in [-0.15, -0.1) is 0 Å². The van der Waals surface area contributed by atoms with E-state index in [1.54, 1.807) is 0 Å². The topological polar surface area (TPSA) is 0 Å². The van der Waals surface area contributed by atoms with Crippen molar-refractivity contribution in [1.29, 1.82) is 0 Å². The van der Waals surface area contributed by atoms with E-state index in [-0.39, 0.29) is 58.3 Å². The minimum Gasteiger partial charge on any atom is -0.358 e. The first-order valence-corrected chi connectivity index (χ1v) is 0. The molecule has 0 fully saturated rings. The molecule has 0 heterocycles. The molecule has 3 heteroatoms. The fraction of sp³-hybridized carbons (Fsp3) is 0. The predicted octanol–water partition coefficient (Wildman–Crippen LogP) is 0.443. The van der Waals surface area contributed by atoms with Gasteiger partial charge in [0.25, 0.3) is 0 Å². The van der Waals surface area contributed by atoms with Crippen molar-refractivity contribution in [1.82, 2.24) is 0 Å². The molecule has 0 aromatic heterocycles. The Labute approximate surface area is 58.3 Å². The summed E-state index contributed by atoms with van der Waals surface area (Å²) in [4.78, 5) is 0. The fourth-order valence-corrected chi connectivity index (χ4v) is 0. The summed E-state index contributed by atoms with van der Waals surface area (Å²) in [6.45, 7) is 0. The van der Waals surface area contributed by atoms with Crippen molar-refractivity contribution in [3.05, 3.63) is 7.43 Å². The third-order valence-corrected chi connectivity index (χ3v) is 0. The largest absolute Gasteiger partial charge is 0.358 e. The smallest absolute Gasteiger partial charge is 0 e. The standard InChI is InChI=1S/CH3.Cr.Fe.Ni/h1H3;;;/q-1;;;. The van der Waals surface area contributed by atoms with E-state index in [1.807, 2.05) is 0 Å². The molecule has 0 N–H and O–H groups in total. The first kappa shape index (κ1) is 48.0. The molecule has 0 aliphatic carbocycles. The van der Waals surface area contributed by atoms with E-state index in [0.29, 0.717) is 0 Å². The van der Waals surface area contributed by atoms with Gasteiger partial charge in [-0.1, -0.05) is 0 Å². The van der Waals surface area contributed by atoms with Crippen molar-refractivity contribution in [2.75, 3.05) is 0 Å². The molecule has 0 aromatic carbocycles. The Kier molecular flexibility index (Phi) is 287. The van der Waals surface area contributed by atoms with E-state index < -0.39 is 0 Å². The van der Waals surface area contributed by atoms with E-state index in [2.05, 4.69) is 0 Å². The molecule has 0 aliphatic rings. The second-order valence-corrected chi connectivity index (χ2v) is 0. The van der Waals surface area contributed by atoms with Crippen LogP contribution in [0, 0.1) is 7.43 Å². The van der Waals surface area contributed by atoms with Crippen LogP contribution in [0.4, 0.5) is 0 Å². The number of rotatable bonds is 0. The van der Waals surface area contributed by atoms with Crippen molar-refractivity contribution in [2.24, 2.45) is 0 Å². The van der Waals surface area contributed by atoms with Gasteiger partial charge in [0.1, 0.15) is 0 Å². The van der Waals surface area contributed by atoms with Crippen molar-refractivity contribution >= 4 is 0 Å². The maximum Gasteiger partial charge on any atom is 0 e. The van der Waals surface area contributed by atoms with Gasteiger partial charge in [0.15, 0.2) is 0 Å². The Morgan fingerprint density at radius 1 is 1.00 bits per heavy atom. The zero-order chi connectivity index (χ0) is 0. The number of hydrogen-bond donors (Lipinski definition) is 0. The van der Waals surface area contributed by atoms with Crippen LogP contribution < -0.4 is 0 Å². The average Bonchev–Trinajstić information content (AvgIpc) is 0. The van der Waals surface area contributed by atoms with Crippen LogP contribution in [0.1, 0.15) is 0 Å². The summed E-state index contributed by atoms with van der Waals surface area (Å²) in [5.41, 5.74) is 0. The Hall–Kier alpha value is 1.55. The molecule has 0 rings (SSSR count). The molecular weight excluding hydrogens is 179 g/mol. The minimum atomic E-state index is 0. The van der Waals surface area contributed by atoms with Gasteiger partial charge in [-0.25, -0.2) is 0 Å². The Morgan fingerprint density at radius 2 is 1.00 bits per heavy atom. The molecule has 0 atom stereocenters. The Bertz CT molecular complexity index is 8.00. The molecule has 0 spiro atoms. The van der Waals surface area contributed by atoms with Gasteiger partial charge in [-0.2, -0.15) is 0 Å². The fourth-order valence-electron chi connectivity index (χ4n) is 0. The van der Waals surface area contributed by atoms with Crippen LogP contribution in [0.15, 0.2) is 0 Å². The van der Waals surface area contributed by atoms with Gasteiger partial charge < -0.3 is 7.43 Å². The normalized spacial score (nSPS) is 0. The van der Waals surface area contributed by atoms with Crippen molar-refractivity contribution in [2.45, 2.75) is 0 Å². The molecule has 0 saturated heterocycles. The molecule has 0 radical (unpaired) electrons. The van der Waals surface area contributed by atoms with Crippen molar-refractivity contribution < 1.29 is 50.9 Å².